The molecule has 108 valence electrons. The Labute approximate surface area is 124 Å². The molecule has 1 aromatic rings. The molecule has 1 aliphatic rings. The highest BCUT2D eigenvalue weighted by atomic mass is 35.5. The smallest absolute Gasteiger partial charge is 0.142 e. The molecular formula is C15H19ClFN3. The van der Waals surface area contributed by atoms with Gasteiger partial charge in [0.05, 0.1) is 11.1 Å². The molecule has 1 aliphatic heterocycles. The van der Waals surface area contributed by atoms with Crippen LogP contribution in [0.15, 0.2) is 18.2 Å². The fourth-order valence-electron chi connectivity index (χ4n) is 2.45. The normalized spacial score (nSPS) is 17.9. The van der Waals surface area contributed by atoms with E-state index in [0.29, 0.717) is 6.54 Å². The molecule has 0 spiro atoms. The van der Waals surface area contributed by atoms with Crippen molar-refractivity contribution < 1.29 is 4.39 Å². The van der Waals surface area contributed by atoms with E-state index in [1.807, 2.05) is 19.9 Å². The quantitative estimate of drug-likeness (QED) is 0.859. The van der Waals surface area contributed by atoms with E-state index in [1.54, 1.807) is 6.07 Å². The average molecular weight is 296 g/mol. The summed E-state index contributed by atoms with van der Waals surface area (Å²) in [6.07, 6.45) is 0. The lowest BCUT2D eigenvalue weighted by Gasteiger charge is -2.40. The van der Waals surface area contributed by atoms with E-state index in [-0.39, 0.29) is 10.8 Å². The SMILES string of the molecule is CC(C)(C#N)N1CCN(Cc2cccc(F)c2Cl)CC1. The molecule has 0 bridgehead atoms. The number of halogens is 2. The number of rotatable bonds is 3. The van der Waals surface area contributed by atoms with Crippen molar-refractivity contribution in [3.05, 3.63) is 34.6 Å². The fraction of sp³-hybridized carbons (Fsp3) is 0.533. The number of nitriles is 1. The van der Waals surface area contributed by atoms with Crippen molar-refractivity contribution in [2.24, 2.45) is 0 Å². The van der Waals surface area contributed by atoms with Crippen LogP contribution >= 0.6 is 11.6 Å². The highest BCUT2D eigenvalue weighted by Crippen LogP contribution is 2.22. The molecule has 0 N–H and O–H groups in total. The van der Waals surface area contributed by atoms with Crippen LogP contribution in [-0.4, -0.2) is 41.5 Å². The van der Waals surface area contributed by atoms with Crippen molar-refractivity contribution in [2.75, 3.05) is 26.2 Å². The van der Waals surface area contributed by atoms with Crippen LogP contribution in [0.25, 0.3) is 0 Å². The van der Waals surface area contributed by atoms with Crippen LogP contribution in [0, 0.1) is 17.1 Å². The first-order valence-electron chi connectivity index (χ1n) is 6.75. The lowest BCUT2D eigenvalue weighted by Crippen LogP contribution is -2.53. The van der Waals surface area contributed by atoms with Gasteiger partial charge in [0.2, 0.25) is 0 Å². The van der Waals surface area contributed by atoms with Gasteiger partial charge in [-0.05, 0) is 25.5 Å². The highest BCUT2D eigenvalue weighted by molar-refractivity contribution is 6.31. The highest BCUT2D eigenvalue weighted by Gasteiger charge is 2.29. The summed E-state index contributed by atoms with van der Waals surface area (Å²) in [6, 6.07) is 7.25. The second-order valence-electron chi connectivity index (χ2n) is 5.65. The summed E-state index contributed by atoms with van der Waals surface area (Å²) >= 11 is 5.98. The third-order valence-corrected chi connectivity index (χ3v) is 4.29. The molecule has 0 atom stereocenters. The van der Waals surface area contributed by atoms with Crippen LogP contribution < -0.4 is 0 Å². The summed E-state index contributed by atoms with van der Waals surface area (Å²) in [5.41, 5.74) is 0.391. The maximum atomic E-state index is 13.4. The van der Waals surface area contributed by atoms with Gasteiger partial charge in [0.1, 0.15) is 11.4 Å². The number of hydrogen-bond donors (Lipinski definition) is 0. The van der Waals surface area contributed by atoms with Gasteiger partial charge < -0.3 is 0 Å². The van der Waals surface area contributed by atoms with E-state index >= 15 is 0 Å². The Morgan fingerprint density at radius 2 is 1.95 bits per heavy atom. The molecule has 0 saturated carbocycles. The first kappa shape index (κ1) is 15.2. The molecule has 5 heteroatoms. The van der Waals surface area contributed by atoms with Gasteiger partial charge in [0.25, 0.3) is 0 Å². The van der Waals surface area contributed by atoms with Crippen LogP contribution in [0.3, 0.4) is 0 Å². The van der Waals surface area contributed by atoms with Gasteiger partial charge in [-0.1, -0.05) is 23.7 Å². The molecular weight excluding hydrogens is 277 g/mol. The van der Waals surface area contributed by atoms with Gasteiger partial charge in [-0.2, -0.15) is 5.26 Å². The molecule has 3 nitrogen and oxygen atoms in total. The average Bonchev–Trinajstić information content (AvgIpc) is 2.44. The summed E-state index contributed by atoms with van der Waals surface area (Å²) in [5, 5.41) is 9.37. The van der Waals surface area contributed by atoms with Crippen molar-refractivity contribution >= 4 is 11.6 Å². The zero-order valence-corrected chi connectivity index (χ0v) is 12.6. The second-order valence-corrected chi connectivity index (χ2v) is 6.02. The number of nitrogens with zero attached hydrogens (tertiary/aromatic N) is 3. The van der Waals surface area contributed by atoms with Gasteiger partial charge >= 0.3 is 0 Å². The van der Waals surface area contributed by atoms with Gasteiger partial charge in [0, 0.05) is 32.7 Å². The topological polar surface area (TPSA) is 30.3 Å². The Hall–Kier alpha value is -1.15. The Balaban J connectivity index is 1.95. The summed E-state index contributed by atoms with van der Waals surface area (Å²) in [4.78, 5) is 4.42. The van der Waals surface area contributed by atoms with Gasteiger partial charge in [-0.15, -0.1) is 0 Å². The van der Waals surface area contributed by atoms with Crippen LogP contribution in [0.5, 0.6) is 0 Å². The molecule has 0 radical (unpaired) electrons. The molecule has 0 aliphatic carbocycles. The van der Waals surface area contributed by atoms with Gasteiger partial charge in [0.15, 0.2) is 0 Å². The second kappa shape index (κ2) is 6.09. The lowest BCUT2D eigenvalue weighted by atomic mass is 10.0. The fourth-order valence-corrected chi connectivity index (χ4v) is 2.63. The van der Waals surface area contributed by atoms with E-state index < -0.39 is 5.54 Å². The molecule has 1 fully saturated rings. The number of piperazine rings is 1. The first-order chi connectivity index (χ1) is 9.44. The standard InChI is InChI=1S/C15H19ClFN3/c1-15(2,11-18)20-8-6-19(7-9-20)10-12-4-3-5-13(17)14(12)16/h3-5H,6-10H2,1-2H3. The third kappa shape index (κ3) is 3.29. The van der Waals surface area contributed by atoms with E-state index in [1.165, 1.54) is 6.07 Å². The predicted molar refractivity (Wildman–Crippen MR) is 78.0 cm³/mol. The molecule has 1 heterocycles. The summed E-state index contributed by atoms with van der Waals surface area (Å²) < 4.78 is 13.4. The molecule has 2 rings (SSSR count). The summed E-state index contributed by atoms with van der Waals surface area (Å²) in [5.74, 6) is -0.367. The van der Waals surface area contributed by atoms with Crippen molar-refractivity contribution in [3.8, 4) is 6.07 Å². The Bertz CT molecular complexity index is 516. The zero-order valence-electron chi connectivity index (χ0n) is 11.9. The lowest BCUT2D eigenvalue weighted by molar-refractivity contribution is 0.0764. The Morgan fingerprint density at radius 3 is 2.55 bits per heavy atom. The minimum Gasteiger partial charge on any atom is -0.296 e. The van der Waals surface area contributed by atoms with Crippen LogP contribution in [0.2, 0.25) is 5.02 Å². The van der Waals surface area contributed by atoms with E-state index in [9.17, 15) is 4.39 Å². The van der Waals surface area contributed by atoms with Gasteiger partial charge in [-0.3, -0.25) is 9.80 Å². The Morgan fingerprint density at radius 1 is 1.30 bits per heavy atom. The Kier molecular flexibility index (Phi) is 4.64. The minimum atomic E-state index is -0.428. The molecule has 20 heavy (non-hydrogen) atoms. The van der Waals surface area contributed by atoms with Crippen LogP contribution in [0.4, 0.5) is 4.39 Å². The largest absolute Gasteiger partial charge is 0.296 e. The summed E-state index contributed by atoms with van der Waals surface area (Å²) in [6.45, 7) is 7.92. The molecule has 0 unspecified atom stereocenters. The van der Waals surface area contributed by atoms with Gasteiger partial charge in [-0.25, -0.2) is 4.39 Å². The first-order valence-corrected chi connectivity index (χ1v) is 7.13. The van der Waals surface area contributed by atoms with Crippen molar-refractivity contribution in [3.63, 3.8) is 0 Å². The van der Waals surface area contributed by atoms with Crippen LogP contribution in [-0.2, 0) is 6.54 Å². The molecule has 1 saturated heterocycles. The predicted octanol–water partition coefficient (Wildman–Crippen LogP) is 2.90. The zero-order chi connectivity index (χ0) is 14.8. The van der Waals surface area contributed by atoms with E-state index in [2.05, 4.69) is 15.9 Å². The molecule has 0 aromatic heterocycles. The maximum absolute atomic E-state index is 13.4. The molecule has 0 amide bonds. The third-order valence-electron chi connectivity index (χ3n) is 3.86. The van der Waals surface area contributed by atoms with Crippen molar-refractivity contribution in [1.82, 2.24) is 9.80 Å². The van der Waals surface area contributed by atoms with E-state index in [4.69, 9.17) is 16.9 Å². The summed E-state index contributed by atoms with van der Waals surface area (Å²) in [7, 11) is 0. The van der Waals surface area contributed by atoms with Crippen molar-refractivity contribution in [2.45, 2.75) is 25.9 Å². The van der Waals surface area contributed by atoms with Crippen LogP contribution in [0.1, 0.15) is 19.4 Å². The number of benzene rings is 1. The number of hydrogen-bond acceptors (Lipinski definition) is 3. The monoisotopic (exact) mass is 295 g/mol. The minimum absolute atomic E-state index is 0.215. The van der Waals surface area contributed by atoms with Crippen molar-refractivity contribution in [1.29, 1.82) is 5.26 Å². The maximum Gasteiger partial charge on any atom is 0.142 e. The van der Waals surface area contributed by atoms with E-state index in [0.717, 1.165) is 31.7 Å². The molecule has 1 aromatic carbocycles.